The van der Waals surface area contributed by atoms with E-state index in [1.807, 2.05) is 30.3 Å². The van der Waals surface area contributed by atoms with E-state index in [1.165, 1.54) is 5.56 Å². The normalized spacial score (nSPS) is 20.3. The van der Waals surface area contributed by atoms with Crippen LogP contribution in [0.25, 0.3) is 0 Å². The third-order valence-corrected chi connectivity index (χ3v) is 6.96. The van der Waals surface area contributed by atoms with Gasteiger partial charge in [0.2, 0.25) is 5.91 Å². The molecule has 4 rings (SSSR count). The summed E-state index contributed by atoms with van der Waals surface area (Å²) in [4.78, 5) is 16.0. The molecule has 5 heteroatoms. The van der Waals surface area contributed by atoms with Gasteiger partial charge in [-0.05, 0) is 67.1 Å². The number of rotatable bonds is 4. The van der Waals surface area contributed by atoms with Crippen molar-refractivity contribution in [1.82, 2.24) is 4.90 Å². The second-order valence-electron chi connectivity index (χ2n) is 8.13. The summed E-state index contributed by atoms with van der Waals surface area (Å²) in [6.07, 6.45) is 4.78. The van der Waals surface area contributed by atoms with Gasteiger partial charge in [-0.15, -0.1) is 0 Å². The standard InChI is InChI=1S/C24H28ClNO3/c1-16-20-15-22(29-3)21(28-2)14-17(20)10-13-26(16)23(27)24(11-4-5-12-24)18-6-8-19(25)9-7-18/h6-9,14-16H,4-5,10-13H2,1-3H3/t16-/m1/s1. The van der Waals surface area contributed by atoms with Crippen LogP contribution in [0.3, 0.4) is 0 Å². The van der Waals surface area contributed by atoms with Crippen molar-refractivity contribution in [3.8, 4) is 11.5 Å². The van der Waals surface area contributed by atoms with Crippen molar-refractivity contribution in [2.75, 3.05) is 20.8 Å². The SMILES string of the molecule is COc1cc2c(cc1OC)[C@@H](C)N(C(=O)C1(c3ccc(Cl)cc3)CCCC1)CC2. The fraction of sp³-hybridized carbons (Fsp3) is 0.458. The number of amides is 1. The van der Waals surface area contributed by atoms with Crippen molar-refractivity contribution < 1.29 is 14.3 Å². The summed E-state index contributed by atoms with van der Waals surface area (Å²) in [5, 5.41) is 0.704. The quantitative estimate of drug-likeness (QED) is 0.681. The van der Waals surface area contributed by atoms with Crippen LogP contribution in [0.5, 0.6) is 11.5 Å². The first-order chi connectivity index (χ1) is 14.0. The van der Waals surface area contributed by atoms with Gasteiger partial charge in [0.05, 0.1) is 25.7 Å². The molecular formula is C24H28ClNO3. The van der Waals surface area contributed by atoms with Gasteiger partial charge in [-0.25, -0.2) is 0 Å². The van der Waals surface area contributed by atoms with E-state index in [4.69, 9.17) is 21.1 Å². The van der Waals surface area contributed by atoms with Gasteiger partial charge in [0.1, 0.15) is 0 Å². The maximum Gasteiger partial charge on any atom is 0.233 e. The van der Waals surface area contributed by atoms with E-state index >= 15 is 0 Å². The van der Waals surface area contributed by atoms with E-state index < -0.39 is 5.41 Å². The molecule has 154 valence electrons. The fourth-order valence-corrected chi connectivity index (χ4v) is 5.20. The van der Waals surface area contributed by atoms with E-state index in [-0.39, 0.29) is 11.9 Å². The molecule has 0 aromatic heterocycles. The Bertz CT molecular complexity index is 903. The molecule has 0 spiro atoms. The number of hydrogen-bond donors (Lipinski definition) is 0. The Kier molecular flexibility index (Phi) is 5.48. The number of benzene rings is 2. The molecule has 0 radical (unpaired) electrons. The predicted molar refractivity (Wildman–Crippen MR) is 115 cm³/mol. The van der Waals surface area contributed by atoms with Crippen LogP contribution in [0.1, 0.15) is 55.3 Å². The molecule has 1 aliphatic carbocycles. The van der Waals surface area contributed by atoms with Crippen molar-refractivity contribution in [2.24, 2.45) is 0 Å². The highest BCUT2D eigenvalue weighted by atomic mass is 35.5. The van der Waals surface area contributed by atoms with Gasteiger partial charge in [-0.3, -0.25) is 4.79 Å². The highest BCUT2D eigenvalue weighted by molar-refractivity contribution is 6.30. The molecule has 29 heavy (non-hydrogen) atoms. The van der Waals surface area contributed by atoms with Gasteiger partial charge in [-0.1, -0.05) is 36.6 Å². The molecule has 1 fully saturated rings. The monoisotopic (exact) mass is 413 g/mol. The lowest BCUT2D eigenvalue weighted by atomic mass is 9.76. The number of nitrogens with zero attached hydrogens (tertiary/aromatic N) is 1. The Morgan fingerprint density at radius 3 is 2.31 bits per heavy atom. The van der Waals surface area contributed by atoms with Crippen molar-refractivity contribution in [3.05, 3.63) is 58.1 Å². The Balaban J connectivity index is 1.69. The molecule has 0 bridgehead atoms. The van der Waals surface area contributed by atoms with Gasteiger partial charge in [-0.2, -0.15) is 0 Å². The zero-order valence-corrected chi connectivity index (χ0v) is 18.1. The maximum absolute atomic E-state index is 13.9. The topological polar surface area (TPSA) is 38.8 Å². The lowest BCUT2D eigenvalue weighted by molar-refractivity contribution is -0.140. The highest BCUT2D eigenvalue weighted by Crippen LogP contribution is 2.46. The smallest absolute Gasteiger partial charge is 0.233 e. The van der Waals surface area contributed by atoms with Crippen molar-refractivity contribution in [2.45, 2.75) is 50.5 Å². The number of ether oxygens (including phenoxy) is 2. The van der Waals surface area contributed by atoms with Crippen molar-refractivity contribution in [3.63, 3.8) is 0 Å². The Labute approximate surface area is 177 Å². The molecule has 1 atom stereocenters. The second kappa shape index (κ2) is 7.91. The number of hydrogen-bond acceptors (Lipinski definition) is 3. The van der Waals surface area contributed by atoms with Crippen LogP contribution in [0.15, 0.2) is 36.4 Å². The third-order valence-electron chi connectivity index (χ3n) is 6.71. The first kappa shape index (κ1) is 20.1. The first-order valence-corrected chi connectivity index (χ1v) is 10.7. The molecular weight excluding hydrogens is 386 g/mol. The van der Waals surface area contributed by atoms with Crippen LogP contribution in [0, 0.1) is 0 Å². The van der Waals surface area contributed by atoms with Crippen LogP contribution in [-0.2, 0) is 16.6 Å². The number of fused-ring (bicyclic) bond motifs is 1. The van der Waals surface area contributed by atoms with Crippen LogP contribution in [0.4, 0.5) is 0 Å². The molecule has 0 N–H and O–H groups in total. The summed E-state index contributed by atoms with van der Waals surface area (Å²) >= 11 is 6.11. The largest absolute Gasteiger partial charge is 0.493 e. The summed E-state index contributed by atoms with van der Waals surface area (Å²) in [5.74, 6) is 1.69. The van der Waals surface area contributed by atoms with E-state index in [1.54, 1.807) is 14.2 Å². The number of carbonyl (C=O) groups excluding carboxylic acids is 1. The van der Waals surface area contributed by atoms with Crippen molar-refractivity contribution >= 4 is 17.5 Å². The van der Waals surface area contributed by atoms with Gasteiger partial charge in [0.25, 0.3) is 0 Å². The summed E-state index contributed by atoms with van der Waals surface area (Å²) < 4.78 is 11.0. The molecule has 2 aliphatic rings. The average Bonchev–Trinajstić information content (AvgIpc) is 3.24. The zero-order valence-electron chi connectivity index (χ0n) is 17.3. The summed E-state index contributed by atoms with van der Waals surface area (Å²) in [6, 6.07) is 11.9. The van der Waals surface area contributed by atoms with E-state index in [0.29, 0.717) is 10.8 Å². The molecule has 0 unspecified atom stereocenters. The molecule has 0 saturated heterocycles. The molecule has 1 aliphatic heterocycles. The molecule has 1 amide bonds. The molecule has 1 heterocycles. The fourth-order valence-electron chi connectivity index (χ4n) is 5.07. The average molecular weight is 414 g/mol. The molecule has 1 saturated carbocycles. The van der Waals surface area contributed by atoms with E-state index in [9.17, 15) is 4.79 Å². The van der Waals surface area contributed by atoms with Crippen LogP contribution < -0.4 is 9.47 Å². The number of carbonyl (C=O) groups is 1. The summed E-state index contributed by atoms with van der Waals surface area (Å²) in [6.45, 7) is 2.84. The van der Waals surface area contributed by atoms with Crippen LogP contribution in [0.2, 0.25) is 5.02 Å². The minimum absolute atomic E-state index is 0.00386. The van der Waals surface area contributed by atoms with Gasteiger partial charge >= 0.3 is 0 Å². The summed E-state index contributed by atoms with van der Waals surface area (Å²) in [5.41, 5.74) is 3.03. The minimum Gasteiger partial charge on any atom is -0.493 e. The van der Waals surface area contributed by atoms with E-state index in [2.05, 4.69) is 17.9 Å². The van der Waals surface area contributed by atoms with Gasteiger partial charge in [0.15, 0.2) is 11.5 Å². The second-order valence-corrected chi connectivity index (χ2v) is 8.56. The number of methoxy groups -OCH3 is 2. The predicted octanol–water partition coefficient (Wildman–Crippen LogP) is 5.31. The number of halogens is 1. The Hall–Kier alpha value is -2.20. The van der Waals surface area contributed by atoms with Gasteiger partial charge < -0.3 is 14.4 Å². The Morgan fingerprint density at radius 2 is 1.69 bits per heavy atom. The Morgan fingerprint density at radius 1 is 1.07 bits per heavy atom. The zero-order chi connectivity index (χ0) is 20.6. The van der Waals surface area contributed by atoms with Crippen molar-refractivity contribution in [1.29, 1.82) is 0 Å². The highest BCUT2D eigenvalue weighted by Gasteiger charge is 2.46. The molecule has 2 aromatic rings. The lowest BCUT2D eigenvalue weighted by Crippen LogP contribution is -2.48. The van der Waals surface area contributed by atoms with Gasteiger partial charge in [0, 0.05) is 11.6 Å². The van der Waals surface area contributed by atoms with Crippen LogP contribution >= 0.6 is 11.6 Å². The maximum atomic E-state index is 13.9. The first-order valence-electron chi connectivity index (χ1n) is 10.3. The van der Waals surface area contributed by atoms with E-state index in [0.717, 1.165) is 55.5 Å². The van der Waals surface area contributed by atoms with Crippen LogP contribution in [-0.4, -0.2) is 31.6 Å². The molecule has 2 aromatic carbocycles. The summed E-state index contributed by atoms with van der Waals surface area (Å²) in [7, 11) is 3.30. The molecule has 4 nitrogen and oxygen atoms in total. The third kappa shape index (κ3) is 3.38. The minimum atomic E-state index is -0.438. The lowest BCUT2D eigenvalue weighted by Gasteiger charge is -2.41.